The van der Waals surface area contributed by atoms with E-state index in [2.05, 4.69) is 34.5 Å². The summed E-state index contributed by atoms with van der Waals surface area (Å²) in [6.45, 7) is 5.50. The molecule has 0 aliphatic carbocycles. The molecule has 216 valence electrons. The molecular weight excluding hydrogens is 536 g/mol. The van der Waals surface area contributed by atoms with Crippen molar-refractivity contribution in [2.75, 3.05) is 63.7 Å². The first-order valence-corrected chi connectivity index (χ1v) is 14.5. The Morgan fingerprint density at radius 1 is 1.07 bits per heavy atom. The maximum atomic E-state index is 9.19. The number of ether oxygens (including phenoxy) is 4. The summed E-state index contributed by atoms with van der Waals surface area (Å²) >= 11 is 0. The van der Waals surface area contributed by atoms with Crippen molar-refractivity contribution in [1.82, 2.24) is 4.98 Å². The van der Waals surface area contributed by atoms with E-state index in [1.54, 1.807) is 20.4 Å². The zero-order valence-corrected chi connectivity index (χ0v) is 24.0. The third kappa shape index (κ3) is 10.7. The van der Waals surface area contributed by atoms with Gasteiger partial charge in [-0.25, -0.2) is 4.98 Å². The quantitative estimate of drug-likeness (QED) is 0.210. The van der Waals surface area contributed by atoms with Gasteiger partial charge in [-0.1, -0.05) is 35.9 Å². The van der Waals surface area contributed by atoms with Gasteiger partial charge in [-0.15, -0.1) is 0 Å². The molecule has 1 aliphatic heterocycles. The van der Waals surface area contributed by atoms with Crippen LogP contribution in [0.4, 0.5) is 11.6 Å². The Morgan fingerprint density at radius 3 is 2.48 bits per heavy atom. The monoisotopic (exact) mass is 572 g/mol. The summed E-state index contributed by atoms with van der Waals surface area (Å²) in [7, 11) is -0.398. The Labute approximate surface area is 235 Å². The fraction of sp³-hybridized carbons (Fsp3) is 0.357. The zero-order chi connectivity index (χ0) is 29.0. The number of rotatable bonds is 10. The van der Waals surface area contributed by atoms with E-state index in [1.807, 2.05) is 42.5 Å². The van der Waals surface area contributed by atoms with Crippen LogP contribution < -0.4 is 24.5 Å². The van der Waals surface area contributed by atoms with E-state index in [0.29, 0.717) is 43.4 Å². The molecule has 0 radical (unpaired) electrons. The Kier molecular flexibility index (Phi) is 11.5. The van der Waals surface area contributed by atoms with Crippen molar-refractivity contribution < 1.29 is 31.9 Å². The second-order valence-corrected chi connectivity index (χ2v) is 10.4. The summed E-state index contributed by atoms with van der Waals surface area (Å²) in [5.41, 5.74) is 6.37. The molecule has 2 heterocycles. The van der Waals surface area contributed by atoms with Gasteiger partial charge in [0.15, 0.2) is 17.3 Å². The highest BCUT2D eigenvalue weighted by molar-refractivity contribution is 7.85. The summed E-state index contributed by atoms with van der Waals surface area (Å²) in [4.78, 5) is 6.94. The van der Waals surface area contributed by atoms with Gasteiger partial charge in [0, 0.05) is 31.6 Å². The number of hydrogen-bond donors (Lipinski definition) is 2. The normalized spacial score (nSPS) is 13.4. The Morgan fingerprint density at radius 2 is 1.80 bits per heavy atom. The van der Waals surface area contributed by atoms with Crippen LogP contribution >= 0.6 is 0 Å². The van der Waals surface area contributed by atoms with E-state index in [0.717, 1.165) is 42.2 Å². The van der Waals surface area contributed by atoms with Crippen molar-refractivity contribution in [3.63, 3.8) is 0 Å². The second-order valence-electron chi connectivity index (χ2n) is 8.95. The number of benzene rings is 2. The van der Waals surface area contributed by atoms with Crippen LogP contribution in [0.3, 0.4) is 0 Å². The molecule has 3 aromatic rings. The number of nitrogens with zero attached hydrogens (tertiary/aromatic N) is 3. The molecule has 12 heteroatoms. The topological polar surface area (TPSA) is 132 Å². The molecule has 1 aliphatic rings. The summed E-state index contributed by atoms with van der Waals surface area (Å²) < 4.78 is 48.2. The molecule has 0 bridgehead atoms. The van der Waals surface area contributed by atoms with Crippen LogP contribution in [0, 0.1) is 6.92 Å². The number of aryl methyl sites for hydroxylation is 1. The number of hydrazone groups is 1. The zero-order valence-electron chi connectivity index (χ0n) is 23.2. The first kappa shape index (κ1) is 30.7. The minimum absolute atomic E-state index is 0.508. The molecule has 11 nitrogen and oxygen atoms in total. The van der Waals surface area contributed by atoms with E-state index < -0.39 is 10.1 Å². The lowest BCUT2D eigenvalue weighted by Gasteiger charge is -2.28. The van der Waals surface area contributed by atoms with Gasteiger partial charge in [-0.2, -0.15) is 13.5 Å². The van der Waals surface area contributed by atoms with Crippen molar-refractivity contribution in [2.24, 2.45) is 5.10 Å². The van der Waals surface area contributed by atoms with Crippen molar-refractivity contribution in [3.05, 3.63) is 71.3 Å². The number of nitrogens with one attached hydrogen (secondary N) is 1. The predicted octanol–water partition coefficient (Wildman–Crippen LogP) is 3.82. The van der Waals surface area contributed by atoms with Crippen LogP contribution in [0.25, 0.3) is 0 Å². The minimum atomic E-state index is -3.67. The summed E-state index contributed by atoms with van der Waals surface area (Å²) in [6, 6.07) is 17.9. The largest absolute Gasteiger partial charge is 0.493 e. The van der Waals surface area contributed by atoms with Crippen LogP contribution in [0.1, 0.15) is 16.7 Å². The van der Waals surface area contributed by atoms with Gasteiger partial charge < -0.3 is 23.8 Å². The van der Waals surface area contributed by atoms with Crippen molar-refractivity contribution >= 4 is 28.0 Å². The van der Waals surface area contributed by atoms with E-state index in [1.165, 1.54) is 5.56 Å². The molecule has 4 rings (SSSR count). The van der Waals surface area contributed by atoms with Crippen molar-refractivity contribution in [3.8, 4) is 17.2 Å². The molecule has 0 atom stereocenters. The number of pyridine rings is 1. The molecule has 0 saturated carbocycles. The third-order valence-electron chi connectivity index (χ3n) is 5.66. The smallest absolute Gasteiger partial charge is 0.261 e. The highest BCUT2D eigenvalue weighted by Crippen LogP contribution is 2.28. The molecule has 40 heavy (non-hydrogen) atoms. The van der Waals surface area contributed by atoms with E-state index in [4.69, 9.17) is 28.5 Å². The van der Waals surface area contributed by atoms with Crippen LogP contribution in [-0.2, 0) is 21.3 Å². The van der Waals surface area contributed by atoms with Gasteiger partial charge in [0.2, 0.25) is 0 Å². The lowest BCUT2D eigenvalue weighted by atomic mass is 10.1. The summed E-state index contributed by atoms with van der Waals surface area (Å²) in [5.74, 6) is 3.62. The van der Waals surface area contributed by atoms with E-state index in [-0.39, 0.29) is 0 Å². The van der Waals surface area contributed by atoms with Crippen LogP contribution in [0.5, 0.6) is 17.2 Å². The standard InChI is InChI=1S/C27H32N4O4.CH4O3S/c1-20-5-4-6-22(15-20)19-28-30-26-17-23(18-27(29-26)31-10-13-34-14-11-31)35-12-9-21-7-8-24(32-2)25(16-21)33-3;1-5(2,3)4/h4-8,15-19H,9-14H2,1-3H3,(H,29,30);1H3,(H,2,3,4)/b28-19+;. The average molecular weight is 573 g/mol. The van der Waals surface area contributed by atoms with E-state index in [9.17, 15) is 8.42 Å². The van der Waals surface area contributed by atoms with Crippen LogP contribution in [0.2, 0.25) is 0 Å². The molecule has 2 N–H and O–H groups in total. The van der Waals surface area contributed by atoms with Crippen molar-refractivity contribution in [2.45, 2.75) is 13.3 Å². The lowest BCUT2D eigenvalue weighted by Crippen LogP contribution is -2.36. The van der Waals surface area contributed by atoms with Crippen LogP contribution in [-0.4, -0.2) is 77.6 Å². The summed E-state index contributed by atoms with van der Waals surface area (Å²) in [6.07, 6.45) is 3.23. The Balaban J connectivity index is 0.000000810. The highest BCUT2D eigenvalue weighted by Gasteiger charge is 2.15. The van der Waals surface area contributed by atoms with E-state index >= 15 is 0 Å². The Bertz CT molecular complexity index is 1370. The fourth-order valence-corrected chi connectivity index (χ4v) is 3.83. The summed E-state index contributed by atoms with van der Waals surface area (Å²) in [5, 5.41) is 4.38. The number of anilines is 2. The Hall–Kier alpha value is -3.87. The number of methoxy groups -OCH3 is 2. The molecule has 0 spiro atoms. The number of morpholine rings is 1. The third-order valence-corrected chi connectivity index (χ3v) is 5.66. The maximum Gasteiger partial charge on any atom is 0.261 e. The minimum Gasteiger partial charge on any atom is -0.493 e. The van der Waals surface area contributed by atoms with Gasteiger partial charge >= 0.3 is 0 Å². The number of aromatic nitrogens is 1. The molecule has 2 aromatic carbocycles. The van der Waals surface area contributed by atoms with Gasteiger partial charge in [0.1, 0.15) is 11.6 Å². The van der Waals surface area contributed by atoms with Gasteiger partial charge in [0.05, 0.1) is 46.5 Å². The predicted molar refractivity (Wildman–Crippen MR) is 156 cm³/mol. The van der Waals surface area contributed by atoms with Crippen LogP contribution in [0.15, 0.2) is 59.7 Å². The average Bonchev–Trinajstić information content (AvgIpc) is 2.92. The molecule has 0 unspecified atom stereocenters. The highest BCUT2D eigenvalue weighted by atomic mass is 32.2. The van der Waals surface area contributed by atoms with Gasteiger partial charge in [0.25, 0.3) is 10.1 Å². The molecule has 0 amide bonds. The first-order valence-electron chi connectivity index (χ1n) is 12.6. The fourth-order valence-electron chi connectivity index (χ4n) is 3.83. The number of hydrogen-bond acceptors (Lipinski definition) is 10. The lowest BCUT2D eigenvalue weighted by molar-refractivity contribution is 0.122. The SMILES string of the molecule is COc1ccc(CCOc2cc(N/N=C/c3cccc(C)c3)nc(N3CCOCC3)c2)cc1OC.CS(=O)(=O)O. The second kappa shape index (κ2) is 15.1. The first-order chi connectivity index (χ1) is 19.1. The van der Waals surface area contributed by atoms with Gasteiger partial charge in [-0.3, -0.25) is 9.98 Å². The molecule has 1 saturated heterocycles. The molecular formula is C28H36N4O7S. The van der Waals surface area contributed by atoms with Gasteiger partial charge in [-0.05, 0) is 30.2 Å². The van der Waals surface area contributed by atoms with Crippen molar-refractivity contribution in [1.29, 1.82) is 0 Å². The molecule has 1 fully saturated rings. The maximum absolute atomic E-state index is 9.19. The molecule has 1 aromatic heterocycles.